The molecule has 96 valence electrons. The standard InChI is InChI=1S/C17H16O2/c18-13-7-12-16(14-8-3-1-4-9-14)17(19)15-10-5-2-6-11-15/h1-11,13,16,18H,12H2. The van der Waals surface area contributed by atoms with E-state index < -0.39 is 0 Å². The topological polar surface area (TPSA) is 37.3 Å². The normalized spacial score (nSPS) is 12.4. The van der Waals surface area contributed by atoms with Gasteiger partial charge in [0.15, 0.2) is 5.78 Å². The number of hydrogen-bond donors (Lipinski definition) is 1. The Morgan fingerprint density at radius 3 is 2.16 bits per heavy atom. The molecule has 2 heteroatoms. The van der Waals surface area contributed by atoms with Gasteiger partial charge in [-0.1, -0.05) is 60.7 Å². The number of carbonyl (C=O) groups excluding carboxylic acids is 1. The lowest BCUT2D eigenvalue weighted by Gasteiger charge is -2.14. The van der Waals surface area contributed by atoms with Gasteiger partial charge in [0.25, 0.3) is 0 Å². The highest BCUT2D eigenvalue weighted by Gasteiger charge is 2.20. The molecule has 2 aromatic carbocycles. The van der Waals surface area contributed by atoms with Crippen LogP contribution in [-0.2, 0) is 0 Å². The summed E-state index contributed by atoms with van der Waals surface area (Å²) in [6.45, 7) is 0. The molecule has 0 saturated carbocycles. The van der Waals surface area contributed by atoms with E-state index in [2.05, 4.69) is 0 Å². The summed E-state index contributed by atoms with van der Waals surface area (Å²) in [4.78, 5) is 12.5. The highest BCUT2D eigenvalue weighted by atomic mass is 16.2. The molecule has 0 aliphatic rings. The number of benzene rings is 2. The van der Waals surface area contributed by atoms with Gasteiger partial charge in [0.1, 0.15) is 0 Å². The molecule has 0 amide bonds. The monoisotopic (exact) mass is 252 g/mol. The van der Waals surface area contributed by atoms with E-state index in [9.17, 15) is 4.79 Å². The van der Waals surface area contributed by atoms with Gasteiger partial charge in [-0.3, -0.25) is 4.79 Å². The van der Waals surface area contributed by atoms with Gasteiger partial charge in [-0.2, -0.15) is 0 Å². The summed E-state index contributed by atoms with van der Waals surface area (Å²) in [6, 6.07) is 18.9. The maximum Gasteiger partial charge on any atom is 0.170 e. The molecule has 0 aliphatic heterocycles. The molecule has 1 atom stereocenters. The zero-order valence-electron chi connectivity index (χ0n) is 10.6. The van der Waals surface area contributed by atoms with Crippen molar-refractivity contribution in [3.63, 3.8) is 0 Å². The lowest BCUT2D eigenvalue weighted by molar-refractivity contribution is 0.0960. The maximum absolute atomic E-state index is 12.5. The summed E-state index contributed by atoms with van der Waals surface area (Å²) in [5.41, 5.74) is 1.66. The molecule has 0 saturated heterocycles. The molecule has 1 N–H and O–H groups in total. The molecule has 0 heterocycles. The Balaban J connectivity index is 2.31. The van der Waals surface area contributed by atoms with Crippen molar-refractivity contribution in [3.05, 3.63) is 84.1 Å². The lowest BCUT2D eigenvalue weighted by Crippen LogP contribution is -2.12. The van der Waals surface area contributed by atoms with Crippen molar-refractivity contribution in [3.8, 4) is 0 Å². The number of hydrogen-bond acceptors (Lipinski definition) is 2. The van der Waals surface area contributed by atoms with Crippen LogP contribution in [-0.4, -0.2) is 10.9 Å². The summed E-state index contributed by atoms with van der Waals surface area (Å²) in [7, 11) is 0. The van der Waals surface area contributed by atoms with Gasteiger partial charge in [0.05, 0.1) is 12.2 Å². The van der Waals surface area contributed by atoms with Crippen LogP contribution in [0.15, 0.2) is 73.0 Å². The van der Waals surface area contributed by atoms with Crippen molar-refractivity contribution in [2.24, 2.45) is 0 Å². The van der Waals surface area contributed by atoms with Gasteiger partial charge < -0.3 is 5.11 Å². The molecule has 2 aromatic rings. The van der Waals surface area contributed by atoms with Crippen LogP contribution >= 0.6 is 0 Å². The van der Waals surface area contributed by atoms with Gasteiger partial charge in [-0.25, -0.2) is 0 Å². The largest absolute Gasteiger partial charge is 0.516 e. The quantitative estimate of drug-likeness (QED) is 0.642. The van der Waals surface area contributed by atoms with E-state index >= 15 is 0 Å². The molecule has 0 spiro atoms. The number of aliphatic hydroxyl groups is 1. The van der Waals surface area contributed by atoms with E-state index in [0.717, 1.165) is 11.8 Å². The molecule has 1 unspecified atom stereocenters. The molecular weight excluding hydrogens is 236 g/mol. The number of carbonyl (C=O) groups is 1. The van der Waals surface area contributed by atoms with Crippen LogP contribution in [0.3, 0.4) is 0 Å². The first-order chi connectivity index (χ1) is 9.33. The van der Waals surface area contributed by atoms with Crippen LogP contribution in [0.2, 0.25) is 0 Å². The highest BCUT2D eigenvalue weighted by molar-refractivity contribution is 6.01. The van der Waals surface area contributed by atoms with Crippen molar-refractivity contribution in [2.75, 3.05) is 0 Å². The Morgan fingerprint density at radius 2 is 1.58 bits per heavy atom. The summed E-state index contributed by atoms with van der Waals surface area (Å²) in [6.07, 6.45) is 3.10. The molecule has 0 radical (unpaired) electrons. The number of aliphatic hydroxyl groups excluding tert-OH is 1. The average Bonchev–Trinajstić information content (AvgIpc) is 2.49. The SMILES string of the molecule is O=C(c1ccccc1)C(CC=CO)c1ccccc1. The van der Waals surface area contributed by atoms with Gasteiger partial charge >= 0.3 is 0 Å². The number of Topliss-reactive ketones (excluding diaryl/α,β-unsaturated/α-hetero) is 1. The summed E-state index contributed by atoms with van der Waals surface area (Å²) in [5.74, 6) is -0.183. The van der Waals surface area contributed by atoms with Crippen LogP contribution in [0.25, 0.3) is 0 Å². The maximum atomic E-state index is 12.5. The van der Waals surface area contributed by atoms with Crippen LogP contribution in [0.5, 0.6) is 0 Å². The van der Waals surface area contributed by atoms with Gasteiger partial charge in [0, 0.05) is 5.56 Å². The minimum atomic E-state index is -0.257. The first-order valence-electron chi connectivity index (χ1n) is 6.26. The van der Waals surface area contributed by atoms with Crippen molar-refractivity contribution in [1.29, 1.82) is 0 Å². The predicted octanol–water partition coefficient (Wildman–Crippen LogP) is 4.11. The van der Waals surface area contributed by atoms with Crippen LogP contribution in [0.1, 0.15) is 28.3 Å². The third kappa shape index (κ3) is 3.32. The Kier molecular flexibility index (Phi) is 4.51. The minimum absolute atomic E-state index is 0.0740. The van der Waals surface area contributed by atoms with E-state index in [1.807, 2.05) is 60.7 Å². The Morgan fingerprint density at radius 1 is 1.00 bits per heavy atom. The first-order valence-corrected chi connectivity index (χ1v) is 6.26. The molecule has 2 nitrogen and oxygen atoms in total. The number of ketones is 1. The van der Waals surface area contributed by atoms with E-state index in [-0.39, 0.29) is 11.7 Å². The first kappa shape index (κ1) is 13.1. The fraction of sp³-hybridized carbons (Fsp3) is 0.118. The smallest absolute Gasteiger partial charge is 0.170 e. The molecule has 0 aliphatic carbocycles. The summed E-state index contributed by atoms with van der Waals surface area (Å²) in [5, 5.41) is 8.82. The fourth-order valence-electron chi connectivity index (χ4n) is 2.08. The van der Waals surface area contributed by atoms with Gasteiger partial charge in [-0.05, 0) is 18.1 Å². The molecule has 19 heavy (non-hydrogen) atoms. The molecule has 0 fully saturated rings. The van der Waals surface area contributed by atoms with E-state index in [0.29, 0.717) is 12.0 Å². The molecule has 0 aromatic heterocycles. The van der Waals surface area contributed by atoms with Crippen molar-refractivity contribution >= 4 is 5.78 Å². The Hall–Kier alpha value is -2.35. The second kappa shape index (κ2) is 6.55. The summed E-state index contributed by atoms with van der Waals surface area (Å²) < 4.78 is 0. The molecule has 0 bridgehead atoms. The van der Waals surface area contributed by atoms with Crippen LogP contribution in [0.4, 0.5) is 0 Å². The molecular formula is C17H16O2. The average molecular weight is 252 g/mol. The Bertz CT molecular complexity index is 544. The van der Waals surface area contributed by atoms with Crippen LogP contribution < -0.4 is 0 Å². The van der Waals surface area contributed by atoms with Gasteiger partial charge in [0.2, 0.25) is 0 Å². The van der Waals surface area contributed by atoms with E-state index in [4.69, 9.17) is 5.11 Å². The zero-order chi connectivity index (χ0) is 13.5. The highest BCUT2D eigenvalue weighted by Crippen LogP contribution is 2.24. The fourth-order valence-corrected chi connectivity index (χ4v) is 2.08. The second-order valence-corrected chi connectivity index (χ2v) is 4.31. The summed E-state index contributed by atoms with van der Waals surface area (Å²) >= 11 is 0. The predicted molar refractivity (Wildman–Crippen MR) is 76.3 cm³/mol. The minimum Gasteiger partial charge on any atom is -0.516 e. The van der Waals surface area contributed by atoms with E-state index in [1.165, 1.54) is 0 Å². The number of allylic oxidation sites excluding steroid dienone is 1. The Labute approximate surface area is 113 Å². The zero-order valence-corrected chi connectivity index (χ0v) is 10.6. The van der Waals surface area contributed by atoms with Crippen molar-refractivity contribution in [1.82, 2.24) is 0 Å². The molecule has 2 rings (SSSR count). The number of rotatable bonds is 5. The van der Waals surface area contributed by atoms with Gasteiger partial charge in [-0.15, -0.1) is 0 Å². The van der Waals surface area contributed by atoms with Crippen LogP contribution in [0, 0.1) is 0 Å². The second-order valence-electron chi connectivity index (χ2n) is 4.31. The third-order valence-corrected chi connectivity index (χ3v) is 3.05. The van der Waals surface area contributed by atoms with Crippen molar-refractivity contribution < 1.29 is 9.90 Å². The lowest BCUT2D eigenvalue weighted by atomic mass is 9.88. The van der Waals surface area contributed by atoms with Crippen molar-refractivity contribution in [2.45, 2.75) is 12.3 Å². The third-order valence-electron chi connectivity index (χ3n) is 3.05. The van der Waals surface area contributed by atoms with E-state index in [1.54, 1.807) is 6.08 Å².